The van der Waals surface area contributed by atoms with Gasteiger partial charge in [0.1, 0.15) is 11.5 Å². The van der Waals surface area contributed by atoms with Crippen LogP contribution < -0.4 is 10.6 Å². The number of halogens is 1. The van der Waals surface area contributed by atoms with Gasteiger partial charge in [0.25, 0.3) is 5.91 Å². The molecule has 1 aromatic heterocycles. The Balaban J connectivity index is 1.51. The number of carbonyl (C=O) groups excluding carboxylic acids is 1. The van der Waals surface area contributed by atoms with Crippen molar-refractivity contribution in [1.82, 2.24) is 15.3 Å². The van der Waals surface area contributed by atoms with Gasteiger partial charge in [-0.25, -0.2) is 14.4 Å². The van der Waals surface area contributed by atoms with E-state index in [4.69, 9.17) is 0 Å². The van der Waals surface area contributed by atoms with Crippen LogP contribution in [-0.4, -0.2) is 28.5 Å². The molecule has 1 aliphatic carbocycles. The van der Waals surface area contributed by atoms with Gasteiger partial charge in [-0.05, 0) is 43.0 Å². The predicted molar refractivity (Wildman–Crippen MR) is 81.1 cm³/mol. The summed E-state index contributed by atoms with van der Waals surface area (Å²) in [6, 6.07) is 8.28. The number of hydrogen-bond donors (Lipinski definition) is 2. The van der Waals surface area contributed by atoms with Crippen molar-refractivity contribution in [2.45, 2.75) is 25.3 Å². The Morgan fingerprint density at radius 3 is 2.73 bits per heavy atom. The van der Waals surface area contributed by atoms with Gasteiger partial charge in [-0.2, -0.15) is 0 Å². The van der Waals surface area contributed by atoms with Gasteiger partial charge >= 0.3 is 0 Å². The van der Waals surface area contributed by atoms with Crippen LogP contribution >= 0.6 is 0 Å². The Hall–Kier alpha value is -2.50. The fourth-order valence-electron chi connectivity index (χ4n) is 2.03. The number of nitrogens with one attached hydrogen (secondary N) is 2. The smallest absolute Gasteiger partial charge is 0.270 e. The van der Waals surface area contributed by atoms with Crippen LogP contribution in [-0.2, 0) is 6.42 Å². The van der Waals surface area contributed by atoms with Crippen molar-refractivity contribution in [2.75, 3.05) is 11.9 Å². The minimum Gasteiger partial charge on any atom is -0.351 e. The van der Waals surface area contributed by atoms with E-state index >= 15 is 0 Å². The lowest BCUT2D eigenvalue weighted by atomic mass is 10.1. The van der Waals surface area contributed by atoms with E-state index in [0.29, 0.717) is 30.6 Å². The van der Waals surface area contributed by atoms with Crippen molar-refractivity contribution >= 4 is 11.9 Å². The van der Waals surface area contributed by atoms with E-state index in [0.717, 1.165) is 18.4 Å². The molecule has 22 heavy (non-hydrogen) atoms. The van der Waals surface area contributed by atoms with Crippen molar-refractivity contribution in [2.24, 2.45) is 0 Å². The van der Waals surface area contributed by atoms with Crippen LogP contribution in [0.15, 0.2) is 36.5 Å². The number of carbonyl (C=O) groups is 1. The number of nitrogens with zero attached hydrogens (tertiary/aromatic N) is 2. The molecule has 1 aliphatic rings. The molecule has 0 aliphatic heterocycles. The summed E-state index contributed by atoms with van der Waals surface area (Å²) in [6.07, 6.45) is 4.46. The van der Waals surface area contributed by atoms with Gasteiger partial charge in [-0.1, -0.05) is 12.1 Å². The predicted octanol–water partition coefficient (Wildman–Crippen LogP) is 2.16. The van der Waals surface area contributed by atoms with E-state index in [-0.39, 0.29) is 11.7 Å². The fourth-order valence-corrected chi connectivity index (χ4v) is 2.03. The molecule has 114 valence electrons. The summed E-state index contributed by atoms with van der Waals surface area (Å²) in [5, 5.41) is 5.97. The van der Waals surface area contributed by atoms with E-state index in [2.05, 4.69) is 20.6 Å². The monoisotopic (exact) mass is 300 g/mol. The Labute approximate surface area is 128 Å². The Bertz CT molecular complexity index is 655. The van der Waals surface area contributed by atoms with E-state index in [9.17, 15) is 9.18 Å². The first-order valence-corrected chi connectivity index (χ1v) is 7.33. The van der Waals surface area contributed by atoms with Crippen LogP contribution in [0, 0.1) is 5.82 Å². The molecule has 0 atom stereocenters. The molecular formula is C16H17FN4O. The summed E-state index contributed by atoms with van der Waals surface area (Å²) in [5.74, 6) is 0.00139. The molecule has 1 heterocycles. The van der Waals surface area contributed by atoms with Crippen molar-refractivity contribution in [1.29, 1.82) is 0 Å². The largest absolute Gasteiger partial charge is 0.351 e. The van der Waals surface area contributed by atoms with Crippen LogP contribution in [0.1, 0.15) is 28.9 Å². The van der Waals surface area contributed by atoms with Gasteiger partial charge in [0.2, 0.25) is 5.95 Å². The summed E-state index contributed by atoms with van der Waals surface area (Å²) in [6.45, 7) is 0.472. The van der Waals surface area contributed by atoms with Gasteiger partial charge in [0, 0.05) is 18.8 Å². The lowest BCUT2D eigenvalue weighted by molar-refractivity contribution is 0.0949. The third-order valence-corrected chi connectivity index (χ3v) is 3.41. The third kappa shape index (κ3) is 4.00. The Morgan fingerprint density at radius 2 is 2.00 bits per heavy atom. The highest BCUT2D eigenvalue weighted by Gasteiger charge is 2.22. The lowest BCUT2D eigenvalue weighted by Gasteiger charge is -2.07. The zero-order valence-electron chi connectivity index (χ0n) is 12.1. The first-order valence-electron chi connectivity index (χ1n) is 7.33. The average molecular weight is 300 g/mol. The number of hydrogen-bond acceptors (Lipinski definition) is 4. The Kier molecular flexibility index (Phi) is 4.27. The van der Waals surface area contributed by atoms with Crippen molar-refractivity contribution in [3.05, 3.63) is 53.6 Å². The van der Waals surface area contributed by atoms with Crippen LogP contribution in [0.25, 0.3) is 0 Å². The molecule has 6 heteroatoms. The lowest BCUT2D eigenvalue weighted by Crippen LogP contribution is -2.27. The minimum absolute atomic E-state index is 0.233. The van der Waals surface area contributed by atoms with E-state index in [1.54, 1.807) is 24.4 Å². The summed E-state index contributed by atoms with van der Waals surface area (Å²) >= 11 is 0. The molecule has 0 spiro atoms. The zero-order valence-corrected chi connectivity index (χ0v) is 12.1. The second-order valence-corrected chi connectivity index (χ2v) is 5.32. The molecule has 3 rings (SSSR count). The molecule has 2 aromatic rings. The van der Waals surface area contributed by atoms with Crippen molar-refractivity contribution in [3.8, 4) is 0 Å². The zero-order chi connectivity index (χ0) is 15.4. The maximum absolute atomic E-state index is 12.8. The number of amides is 1. The minimum atomic E-state index is -0.260. The number of benzene rings is 1. The molecule has 5 nitrogen and oxygen atoms in total. The molecule has 1 fully saturated rings. The average Bonchev–Trinajstić information content (AvgIpc) is 3.33. The summed E-state index contributed by atoms with van der Waals surface area (Å²) in [7, 11) is 0. The summed E-state index contributed by atoms with van der Waals surface area (Å²) < 4.78 is 12.8. The number of anilines is 1. The maximum Gasteiger partial charge on any atom is 0.270 e. The van der Waals surface area contributed by atoms with E-state index < -0.39 is 0 Å². The molecular weight excluding hydrogens is 283 g/mol. The third-order valence-electron chi connectivity index (χ3n) is 3.41. The molecule has 1 amide bonds. The molecule has 1 aromatic carbocycles. The summed E-state index contributed by atoms with van der Waals surface area (Å²) in [4.78, 5) is 20.4. The van der Waals surface area contributed by atoms with E-state index in [1.807, 2.05) is 0 Å². The second-order valence-electron chi connectivity index (χ2n) is 5.32. The highest BCUT2D eigenvalue weighted by molar-refractivity contribution is 5.92. The van der Waals surface area contributed by atoms with Crippen molar-refractivity contribution < 1.29 is 9.18 Å². The Morgan fingerprint density at radius 1 is 1.23 bits per heavy atom. The van der Waals surface area contributed by atoms with Crippen LogP contribution in [0.2, 0.25) is 0 Å². The normalized spacial score (nSPS) is 13.7. The molecule has 0 unspecified atom stereocenters. The van der Waals surface area contributed by atoms with Crippen LogP contribution in [0.5, 0.6) is 0 Å². The highest BCUT2D eigenvalue weighted by Crippen LogP contribution is 2.22. The maximum atomic E-state index is 12.8. The van der Waals surface area contributed by atoms with Gasteiger partial charge in [-0.15, -0.1) is 0 Å². The molecule has 0 bridgehead atoms. The SMILES string of the molecule is O=C(NCCc1ccc(F)cc1)c1ccnc(NC2CC2)n1. The number of rotatable bonds is 6. The van der Waals surface area contributed by atoms with Crippen LogP contribution in [0.3, 0.4) is 0 Å². The van der Waals surface area contributed by atoms with Gasteiger partial charge in [0.15, 0.2) is 0 Å². The molecule has 2 N–H and O–H groups in total. The quantitative estimate of drug-likeness (QED) is 0.858. The van der Waals surface area contributed by atoms with Gasteiger partial charge < -0.3 is 10.6 Å². The van der Waals surface area contributed by atoms with Crippen LogP contribution in [0.4, 0.5) is 10.3 Å². The first-order chi connectivity index (χ1) is 10.7. The molecule has 0 saturated heterocycles. The van der Waals surface area contributed by atoms with Gasteiger partial charge in [-0.3, -0.25) is 4.79 Å². The summed E-state index contributed by atoms with van der Waals surface area (Å²) in [5.41, 5.74) is 1.32. The molecule has 0 radical (unpaired) electrons. The topological polar surface area (TPSA) is 66.9 Å². The van der Waals surface area contributed by atoms with Crippen molar-refractivity contribution in [3.63, 3.8) is 0 Å². The molecule has 1 saturated carbocycles. The van der Waals surface area contributed by atoms with E-state index in [1.165, 1.54) is 12.1 Å². The second kappa shape index (κ2) is 6.51. The highest BCUT2D eigenvalue weighted by atomic mass is 19.1. The number of aromatic nitrogens is 2. The van der Waals surface area contributed by atoms with Gasteiger partial charge in [0.05, 0.1) is 0 Å². The standard InChI is InChI=1S/C16H17FN4O/c17-12-3-1-11(2-4-12)7-9-18-15(22)14-8-10-19-16(21-14)20-13-5-6-13/h1-4,8,10,13H,5-7,9H2,(H,18,22)(H,19,20,21). The first kappa shape index (κ1) is 14.4. The fraction of sp³-hybridized carbons (Fsp3) is 0.312.